The van der Waals surface area contributed by atoms with E-state index in [9.17, 15) is 14.9 Å². The molecule has 124 valence electrons. The zero-order valence-electron chi connectivity index (χ0n) is 13.4. The van der Waals surface area contributed by atoms with Gasteiger partial charge in [-0.25, -0.2) is 4.79 Å². The lowest BCUT2D eigenvalue weighted by Gasteiger charge is -2.13. The fourth-order valence-electron chi connectivity index (χ4n) is 2.58. The monoisotopic (exact) mass is 350 g/mol. The molecule has 6 heteroatoms. The summed E-state index contributed by atoms with van der Waals surface area (Å²) in [5.41, 5.74) is 1.03. The average Bonchev–Trinajstić information content (AvgIpc) is 2.66. The summed E-state index contributed by atoms with van der Waals surface area (Å²) in [5.74, 6) is -0.562. The summed E-state index contributed by atoms with van der Waals surface area (Å²) >= 11 is 1.19. The van der Waals surface area contributed by atoms with Gasteiger partial charge in [0.1, 0.15) is 18.2 Å². The van der Waals surface area contributed by atoms with E-state index in [1.54, 1.807) is 24.5 Å². The second kappa shape index (κ2) is 7.24. The van der Waals surface area contributed by atoms with Gasteiger partial charge in [0.15, 0.2) is 0 Å². The lowest BCUT2D eigenvalue weighted by molar-refractivity contribution is 0.0470. The number of carbonyl (C=O) groups excluding carboxylic acids is 1. The topological polar surface area (TPSA) is 71.6 Å². The number of esters is 1. The van der Waals surface area contributed by atoms with E-state index in [0.29, 0.717) is 10.4 Å². The number of hydrogen-bond donors (Lipinski definition) is 0. The van der Waals surface area contributed by atoms with Gasteiger partial charge in [0.05, 0.1) is 11.1 Å². The van der Waals surface area contributed by atoms with E-state index >= 15 is 0 Å². The van der Waals surface area contributed by atoms with E-state index in [-0.39, 0.29) is 17.7 Å². The number of pyridine rings is 2. The van der Waals surface area contributed by atoms with Crippen molar-refractivity contribution in [2.75, 3.05) is 6.26 Å². The van der Waals surface area contributed by atoms with Gasteiger partial charge >= 0.3 is 5.97 Å². The van der Waals surface area contributed by atoms with Crippen LogP contribution in [0.5, 0.6) is 0 Å². The van der Waals surface area contributed by atoms with Crippen LogP contribution in [0.1, 0.15) is 21.5 Å². The minimum Gasteiger partial charge on any atom is -0.457 e. The molecule has 0 fully saturated rings. The second-order valence-electron chi connectivity index (χ2n) is 5.22. The number of thioether (sulfide) groups is 1. The van der Waals surface area contributed by atoms with Gasteiger partial charge in [-0.05, 0) is 24.0 Å². The predicted molar refractivity (Wildman–Crippen MR) is 95.7 cm³/mol. The standard InChI is InChI=1S/C19H14N2O3S/c1-25-17-14(11-20)18(22)21-10-6-5-9-15(21)16(17)19(23)24-12-13-7-3-2-4-8-13/h2-10H,12H2,1H3. The SMILES string of the molecule is CSc1c(C#N)c(=O)n2ccccc2c1C(=O)OCc1ccccc1. The summed E-state index contributed by atoms with van der Waals surface area (Å²) in [7, 11) is 0. The van der Waals surface area contributed by atoms with Crippen LogP contribution in [-0.2, 0) is 11.3 Å². The molecule has 5 nitrogen and oxygen atoms in total. The van der Waals surface area contributed by atoms with Crippen molar-refractivity contribution in [2.24, 2.45) is 0 Å². The van der Waals surface area contributed by atoms with Crippen LogP contribution in [-0.4, -0.2) is 16.6 Å². The highest BCUT2D eigenvalue weighted by molar-refractivity contribution is 7.98. The Bertz CT molecular complexity index is 1040. The molecule has 0 atom stereocenters. The van der Waals surface area contributed by atoms with Crippen LogP contribution < -0.4 is 5.56 Å². The van der Waals surface area contributed by atoms with Crippen molar-refractivity contribution >= 4 is 23.2 Å². The van der Waals surface area contributed by atoms with Gasteiger partial charge in [0.25, 0.3) is 5.56 Å². The lowest BCUT2D eigenvalue weighted by atomic mass is 10.1. The molecule has 2 aromatic heterocycles. The number of nitrogens with zero attached hydrogens (tertiary/aromatic N) is 2. The zero-order valence-corrected chi connectivity index (χ0v) is 14.2. The summed E-state index contributed by atoms with van der Waals surface area (Å²) in [6.07, 6.45) is 3.26. The molecule has 0 spiro atoms. The van der Waals surface area contributed by atoms with E-state index < -0.39 is 11.5 Å². The van der Waals surface area contributed by atoms with Crippen LogP contribution in [0.4, 0.5) is 0 Å². The number of nitriles is 1. The maximum Gasteiger partial charge on any atom is 0.341 e. The van der Waals surface area contributed by atoms with Crippen LogP contribution in [0, 0.1) is 11.3 Å². The van der Waals surface area contributed by atoms with Crippen molar-refractivity contribution in [3.8, 4) is 6.07 Å². The van der Waals surface area contributed by atoms with E-state index in [1.807, 2.05) is 36.4 Å². The maximum atomic E-state index is 12.7. The minimum atomic E-state index is -0.562. The Balaban J connectivity index is 2.11. The first-order valence-corrected chi connectivity index (χ1v) is 8.72. The van der Waals surface area contributed by atoms with Crippen molar-refractivity contribution in [1.82, 2.24) is 4.40 Å². The Labute approximate surface area is 148 Å². The molecule has 0 saturated carbocycles. The van der Waals surface area contributed by atoms with Crippen LogP contribution in [0.15, 0.2) is 64.4 Å². The number of carbonyl (C=O) groups is 1. The van der Waals surface area contributed by atoms with E-state index in [1.165, 1.54) is 22.4 Å². The first kappa shape index (κ1) is 16.8. The Morgan fingerprint density at radius 2 is 1.92 bits per heavy atom. The van der Waals surface area contributed by atoms with E-state index in [0.717, 1.165) is 5.56 Å². The third-order valence-electron chi connectivity index (χ3n) is 3.74. The highest BCUT2D eigenvalue weighted by Gasteiger charge is 2.23. The number of hydrogen-bond acceptors (Lipinski definition) is 5. The first-order valence-electron chi connectivity index (χ1n) is 7.50. The van der Waals surface area contributed by atoms with Gasteiger partial charge in [0.2, 0.25) is 0 Å². The molecule has 0 unspecified atom stereocenters. The molecule has 0 bridgehead atoms. The zero-order chi connectivity index (χ0) is 17.8. The highest BCUT2D eigenvalue weighted by atomic mass is 32.2. The largest absolute Gasteiger partial charge is 0.457 e. The fourth-order valence-corrected chi connectivity index (χ4v) is 3.31. The molecule has 25 heavy (non-hydrogen) atoms. The molecular weight excluding hydrogens is 336 g/mol. The lowest BCUT2D eigenvalue weighted by Crippen LogP contribution is -2.22. The summed E-state index contributed by atoms with van der Waals surface area (Å²) in [5, 5.41) is 9.38. The van der Waals surface area contributed by atoms with Gasteiger partial charge in [-0.1, -0.05) is 36.4 Å². The number of benzene rings is 1. The molecule has 2 heterocycles. The molecular formula is C19H14N2O3S. The molecule has 0 amide bonds. The molecule has 3 aromatic rings. The van der Waals surface area contributed by atoms with E-state index in [2.05, 4.69) is 0 Å². The van der Waals surface area contributed by atoms with Crippen molar-refractivity contribution < 1.29 is 9.53 Å². The fraction of sp³-hybridized carbons (Fsp3) is 0.105. The Morgan fingerprint density at radius 3 is 2.60 bits per heavy atom. The maximum absolute atomic E-state index is 12.7. The summed E-state index contributed by atoms with van der Waals surface area (Å²) in [4.78, 5) is 25.5. The molecule has 0 aliphatic heterocycles. The Hall–Kier alpha value is -3.04. The van der Waals surface area contributed by atoms with Gasteiger partial charge in [-0.3, -0.25) is 9.20 Å². The number of fused-ring (bicyclic) bond motifs is 1. The third kappa shape index (κ3) is 3.14. The Morgan fingerprint density at radius 1 is 1.20 bits per heavy atom. The molecule has 0 N–H and O–H groups in total. The van der Waals surface area contributed by atoms with Crippen LogP contribution in [0.2, 0.25) is 0 Å². The minimum absolute atomic E-state index is 0.0529. The van der Waals surface area contributed by atoms with Gasteiger partial charge in [0, 0.05) is 11.1 Å². The molecule has 1 aromatic carbocycles. The quantitative estimate of drug-likeness (QED) is 0.533. The third-order valence-corrected chi connectivity index (χ3v) is 4.55. The van der Waals surface area contributed by atoms with Crippen molar-refractivity contribution in [3.05, 3.63) is 81.8 Å². The van der Waals surface area contributed by atoms with Crippen molar-refractivity contribution in [1.29, 1.82) is 5.26 Å². The molecule has 0 saturated heterocycles. The number of rotatable bonds is 4. The normalized spacial score (nSPS) is 10.4. The molecule has 0 aliphatic rings. The highest BCUT2D eigenvalue weighted by Crippen LogP contribution is 2.27. The van der Waals surface area contributed by atoms with Crippen LogP contribution in [0.25, 0.3) is 5.52 Å². The van der Waals surface area contributed by atoms with Crippen molar-refractivity contribution in [3.63, 3.8) is 0 Å². The average molecular weight is 350 g/mol. The van der Waals surface area contributed by atoms with Gasteiger partial charge < -0.3 is 4.74 Å². The second-order valence-corrected chi connectivity index (χ2v) is 6.03. The number of aromatic nitrogens is 1. The summed E-state index contributed by atoms with van der Waals surface area (Å²) < 4.78 is 6.73. The number of ether oxygens (including phenoxy) is 1. The molecule has 0 radical (unpaired) electrons. The summed E-state index contributed by atoms with van der Waals surface area (Å²) in [6, 6.07) is 16.3. The van der Waals surface area contributed by atoms with Gasteiger partial charge in [-0.2, -0.15) is 5.26 Å². The van der Waals surface area contributed by atoms with Crippen LogP contribution >= 0.6 is 11.8 Å². The van der Waals surface area contributed by atoms with E-state index in [4.69, 9.17) is 4.74 Å². The molecule has 0 aliphatic carbocycles. The van der Waals surface area contributed by atoms with Crippen LogP contribution in [0.3, 0.4) is 0 Å². The smallest absolute Gasteiger partial charge is 0.341 e. The summed E-state index contributed by atoms with van der Waals surface area (Å²) in [6.45, 7) is 0.119. The van der Waals surface area contributed by atoms with Gasteiger partial charge in [-0.15, -0.1) is 11.8 Å². The first-order chi connectivity index (χ1) is 12.2. The van der Waals surface area contributed by atoms with Crippen molar-refractivity contribution in [2.45, 2.75) is 11.5 Å². The Kier molecular flexibility index (Phi) is 4.87. The molecule has 3 rings (SSSR count). The predicted octanol–water partition coefficient (Wildman–Crippen LogP) is 3.25.